The fourth-order valence-corrected chi connectivity index (χ4v) is 6.88. The third-order valence-corrected chi connectivity index (χ3v) is 8.70. The molecule has 2 fully saturated rings. The molecule has 162 valence electrons. The van der Waals surface area contributed by atoms with Gasteiger partial charge in [0.05, 0.1) is 16.3 Å². The number of hydrogen-bond donors (Lipinski definition) is 1. The highest BCUT2D eigenvalue weighted by molar-refractivity contribution is 7.99. The van der Waals surface area contributed by atoms with Gasteiger partial charge in [0.25, 0.3) is 0 Å². The summed E-state index contributed by atoms with van der Waals surface area (Å²) in [4.78, 5) is 17.7. The van der Waals surface area contributed by atoms with Crippen LogP contribution in [0.25, 0.3) is 10.7 Å². The van der Waals surface area contributed by atoms with Crippen LogP contribution in [0.2, 0.25) is 5.15 Å². The predicted octanol–water partition coefficient (Wildman–Crippen LogP) is 5.78. The molecule has 4 unspecified atom stereocenters. The number of carbonyl (C=O) groups is 1. The molecule has 1 N–H and O–H groups in total. The van der Waals surface area contributed by atoms with E-state index in [4.69, 9.17) is 11.6 Å². The summed E-state index contributed by atoms with van der Waals surface area (Å²) in [6, 6.07) is 7.92. The summed E-state index contributed by atoms with van der Waals surface area (Å²) in [5, 5.41) is 15.0. The van der Waals surface area contributed by atoms with Gasteiger partial charge in [-0.3, -0.25) is 9.36 Å². The Hall–Kier alpha value is -1.90. The van der Waals surface area contributed by atoms with Gasteiger partial charge in [0.2, 0.25) is 5.91 Å². The zero-order valence-electron chi connectivity index (χ0n) is 17.2. The summed E-state index contributed by atoms with van der Waals surface area (Å²) >= 11 is 9.16. The number of thioether (sulfide) groups is 1. The van der Waals surface area contributed by atoms with E-state index in [-0.39, 0.29) is 16.8 Å². The van der Waals surface area contributed by atoms with Crippen LogP contribution in [0.4, 0.5) is 5.69 Å². The molecule has 5 rings (SSSR count). The second-order valence-electron chi connectivity index (χ2n) is 8.41. The van der Waals surface area contributed by atoms with E-state index in [1.54, 1.807) is 29.7 Å². The quantitative estimate of drug-likeness (QED) is 0.347. The smallest absolute Gasteiger partial charge is 0.234 e. The van der Waals surface area contributed by atoms with E-state index in [0.717, 1.165) is 27.7 Å². The highest BCUT2D eigenvalue weighted by atomic mass is 35.5. The van der Waals surface area contributed by atoms with Gasteiger partial charge in [-0.1, -0.05) is 35.9 Å². The topological polar surface area (TPSA) is 72.7 Å². The van der Waals surface area contributed by atoms with E-state index in [9.17, 15) is 4.79 Å². The fraction of sp³-hybridized carbons (Fsp3) is 0.455. The fourth-order valence-electron chi connectivity index (χ4n) is 5.19. The summed E-state index contributed by atoms with van der Waals surface area (Å²) in [5.74, 6) is 3.33. The van der Waals surface area contributed by atoms with Crippen molar-refractivity contribution < 1.29 is 4.79 Å². The molecule has 2 bridgehead atoms. The first-order valence-electron chi connectivity index (χ1n) is 10.6. The average Bonchev–Trinajstić information content (AvgIpc) is 3.57. The molecule has 2 aliphatic rings. The summed E-state index contributed by atoms with van der Waals surface area (Å²) in [6.45, 7) is 2.30. The molecule has 0 radical (unpaired) electrons. The summed E-state index contributed by atoms with van der Waals surface area (Å²) in [7, 11) is 0. The molecule has 4 atom stereocenters. The molecule has 1 amide bonds. The molecule has 6 nitrogen and oxygen atoms in total. The van der Waals surface area contributed by atoms with Crippen molar-refractivity contribution in [2.24, 2.45) is 17.8 Å². The number of pyridine rings is 1. The molecule has 0 aromatic carbocycles. The summed E-state index contributed by atoms with van der Waals surface area (Å²) < 4.78 is 2.27. The van der Waals surface area contributed by atoms with Crippen LogP contribution in [0, 0.1) is 17.8 Å². The van der Waals surface area contributed by atoms with Crippen molar-refractivity contribution in [1.82, 2.24) is 19.7 Å². The zero-order valence-corrected chi connectivity index (χ0v) is 19.6. The Balaban J connectivity index is 1.36. The van der Waals surface area contributed by atoms with Crippen molar-refractivity contribution in [2.45, 2.75) is 43.8 Å². The Morgan fingerprint density at radius 3 is 2.94 bits per heavy atom. The highest BCUT2D eigenvalue weighted by Gasteiger charge is 2.43. The lowest BCUT2D eigenvalue weighted by Gasteiger charge is -2.30. The van der Waals surface area contributed by atoms with Gasteiger partial charge < -0.3 is 5.32 Å². The molecule has 31 heavy (non-hydrogen) atoms. The van der Waals surface area contributed by atoms with Crippen molar-refractivity contribution in [3.63, 3.8) is 0 Å². The largest absolute Gasteiger partial charge is 0.323 e. The Kier molecular flexibility index (Phi) is 6.03. The molecule has 3 heterocycles. The van der Waals surface area contributed by atoms with Crippen LogP contribution in [0.3, 0.4) is 0 Å². The van der Waals surface area contributed by atoms with Gasteiger partial charge >= 0.3 is 0 Å². The SMILES string of the molecule is CC(C1CC2CCC1C2)n1c(SCC(=O)Nc2cccnc2Cl)nnc1-c1cccs1. The van der Waals surface area contributed by atoms with Crippen molar-refractivity contribution in [2.75, 3.05) is 11.1 Å². The van der Waals surface area contributed by atoms with Crippen LogP contribution in [0.5, 0.6) is 0 Å². The Labute approximate surface area is 194 Å². The highest BCUT2D eigenvalue weighted by Crippen LogP contribution is 2.53. The van der Waals surface area contributed by atoms with Gasteiger partial charge in [-0.15, -0.1) is 21.5 Å². The lowest BCUT2D eigenvalue weighted by Crippen LogP contribution is -2.23. The van der Waals surface area contributed by atoms with E-state index in [1.165, 1.54) is 37.4 Å². The Morgan fingerprint density at radius 2 is 2.23 bits per heavy atom. The predicted molar refractivity (Wildman–Crippen MR) is 126 cm³/mol. The second-order valence-corrected chi connectivity index (χ2v) is 10.7. The Morgan fingerprint density at radius 1 is 1.32 bits per heavy atom. The lowest BCUT2D eigenvalue weighted by atomic mass is 9.84. The summed E-state index contributed by atoms with van der Waals surface area (Å²) in [6.07, 6.45) is 6.97. The maximum absolute atomic E-state index is 12.5. The zero-order chi connectivity index (χ0) is 21.4. The van der Waals surface area contributed by atoms with Gasteiger partial charge in [-0.05, 0) is 67.5 Å². The van der Waals surface area contributed by atoms with Crippen LogP contribution >= 0.6 is 34.7 Å². The van der Waals surface area contributed by atoms with Crippen molar-refractivity contribution >= 4 is 46.3 Å². The molecule has 2 aliphatic carbocycles. The lowest BCUT2D eigenvalue weighted by molar-refractivity contribution is -0.113. The third kappa shape index (κ3) is 4.25. The number of rotatable bonds is 7. The summed E-state index contributed by atoms with van der Waals surface area (Å²) in [5.41, 5.74) is 0.519. The molecule has 0 aliphatic heterocycles. The van der Waals surface area contributed by atoms with Gasteiger partial charge in [-0.2, -0.15) is 0 Å². The van der Waals surface area contributed by atoms with Gasteiger partial charge in [0.1, 0.15) is 0 Å². The maximum Gasteiger partial charge on any atom is 0.234 e. The van der Waals surface area contributed by atoms with E-state index >= 15 is 0 Å². The molecule has 9 heteroatoms. The van der Waals surface area contributed by atoms with Crippen molar-refractivity contribution in [1.29, 1.82) is 0 Å². The van der Waals surface area contributed by atoms with E-state index in [1.807, 2.05) is 6.07 Å². The minimum absolute atomic E-state index is 0.139. The Bertz CT molecular complexity index is 1070. The number of fused-ring (bicyclic) bond motifs is 2. The number of aromatic nitrogens is 4. The molecule has 3 aromatic rings. The molecule has 3 aromatic heterocycles. The van der Waals surface area contributed by atoms with Crippen LogP contribution < -0.4 is 5.32 Å². The number of anilines is 1. The maximum atomic E-state index is 12.5. The van der Waals surface area contributed by atoms with Gasteiger partial charge in [-0.25, -0.2) is 4.98 Å². The normalized spacial score (nSPS) is 23.2. The van der Waals surface area contributed by atoms with Crippen molar-refractivity contribution in [3.8, 4) is 10.7 Å². The van der Waals surface area contributed by atoms with Crippen LogP contribution in [-0.2, 0) is 4.79 Å². The minimum atomic E-state index is -0.139. The number of carbonyl (C=O) groups excluding carboxylic acids is 1. The molecule has 0 spiro atoms. The molecule has 2 saturated carbocycles. The molecular weight excluding hydrogens is 450 g/mol. The van der Waals surface area contributed by atoms with E-state index < -0.39 is 0 Å². The number of hydrogen-bond acceptors (Lipinski definition) is 6. The standard InChI is InChI=1S/C22H24ClN5OS2/c1-13(16-11-14-6-7-15(16)10-14)28-21(18-5-3-9-30-18)26-27-22(28)31-12-19(29)25-17-4-2-8-24-20(17)23/h2-5,8-9,13-16H,6-7,10-12H2,1H3,(H,25,29). The second kappa shape index (κ2) is 8.92. The third-order valence-electron chi connectivity index (χ3n) is 6.59. The number of halogens is 1. The number of thiophene rings is 1. The molecule has 0 saturated heterocycles. The number of nitrogens with zero attached hydrogens (tertiary/aromatic N) is 4. The number of nitrogens with one attached hydrogen (secondary N) is 1. The van der Waals surface area contributed by atoms with E-state index in [2.05, 4.69) is 43.4 Å². The first-order valence-corrected chi connectivity index (χ1v) is 12.9. The molecular formula is C22H24ClN5OS2. The minimum Gasteiger partial charge on any atom is -0.323 e. The van der Waals surface area contributed by atoms with E-state index in [0.29, 0.717) is 17.6 Å². The first kappa shape index (κ1) is 21.0. The van der Waals surface area contributed by atoms with Gasteiger partial charge in [0, 0.05) is 12.2 Å². The number of amides is 1. The monoisotopic (exact) mass is 473 g/mol. The first-order chi connectivity index (χ1) is 15.1. The van der Waals surface area contributed by atoms with Crippen LogP contribution in [0.1, 0.15) is 38.6 Å². The van der Waals surface area contributed by atoms with Gasteiger partial charge in [0.15, 0.2) is 16.1 Å². The van der Waals surface area contributed by atoms with Crippen LogP contribution in [-0.4, -0.2) is 31.4 Å². The van der Waals surface area contributed by atoms with Crippen LogP contribution in [0.15, 0.2) is 41.0 Å². The van der Waals surface area contributed by atoms with Crippen molar-refractivity contribution in [3.05, 3.63) is 41.0 Å². The average molecular weight is 474 g/mol.